The smallest absolute Gasteiger partial charge is 0.326 e. The lowest BCUT2D eigenvalue weighted by Crippen LogP contribution is -2.56. The Bertz CT molecular complexity index is 225. The van der Waals surface area contributed by atoms with Gasteiger partial charge in [-0.2, -0.15) is 11.8 Å². The van der Waals surface area contributed by atoms with Gasteiger partial charge in [-0.3, -0.25) is 4.79 Å². The first-order valence-electron chi connectivity index (χ1n) is 6.10. The number of esters is 1. The van der Waals surface area contributed by atoms with Gasteiger partial charge in [0, 0.05) is 0 Å². The number of nitrogens with one attached hydrogen (secondary N) is 1. The molecule has 1 heterocycles. The molecule has 16 heavy (non-hydrogen) atoms. The average molecular weight is 245 g/mol. The second-order valence-electron chi connectivity index (χ2n) is 4.69. The van der Waals surface area contributed by atoms with Crippen LogP contribution in [-0.4, -0.2) is 36.2 Å². The third kappa shape index (κ3) is 3.67. The molecule has 0 atom stereocenters. The zero-order chi connectivity index (χ0) is 12.0. The van der Waals surface area contributed by atoms with Crippen molar-refractivity contribution >= 4 is 17.7 Å². The third-order valence-corrected chi connectivity index (χ3v) is 3.85. The molecule has 4 heteroatoms. The molecule has 0 aromatic rings. The highest BCUT2D eigenvalue weighted by molar-refractivity contribution is 7.99. The first-order valence-corrected chi connectivity index (χ1v) is 7.26. The Morgan fingerprint density at radius 3 is 2.56 bits per heavy atom. The molecule has 0 bridgehead atoms. The quantitative estimate of drug-likeness (QED) is 0.753. The van der Waals surface area contributed by atoms with Crippen molar-refractivity contribution in [3.05, 3.63) is 0 Å². The fraction of sp³-hybridized carbons (Fsp3) is 0.917. The van der Waals surface area contributed by atoms with Gasteiger partial charge in [0.05, 0.1) is 6.61 Å². The maximum absolute atomic E-state index is 12.0. The Balaban J connectivity index is 2.62. The summed E-state index contributed by atoms with van der Waals surface area (Å²) in [5.74, 6) is 2.59. The van der Waals surface area contributed by atoms with Crippen LogP contribution in [0.15, 0.2) is 0 Å². The summed E-state index contributed by atoms with van der Waals surface area (Å²) in [6.07, 6.45) is 1.78. The standard InChI is InChI=1S/C12H23NO2S/c1-4-15-11(14)12(13-9-10(2)3)5-7-16-8-6-12/h10,13H,4-9H2,1-3H3. The van der Waals surface area contributed by atoms with Gasteiger partial charge in [0.2, 0.25) is 0 Å². The van der Waals surface area contributed by atoms with Crippen LogP contribution in [0.5, 0.6) is 0 Å². The number of carbonyl (C=O) groups is 1. The van der Waals surface area contributed by atoms with Gasteiger partial charge in [-0.05, 0) is 43.7 Å². The van der Waals surface area contributed by atoms with Crippen LogP contribution in [-0.2, 0) is 9.53 Å². The fourth-order valence-corrected chi connectivity index (χ4v) is 3.03. The highest BCUT2D eigenvalue weighted by Crippen LogP contribution is 2.28. The van der Waals surface area contributed by atoms with E-state index in [4.69, 9.17) is 4.74 Å². The highest BCUT2D eigenvalue weighted by atomic mass is 32.2. The lowest BCUT2D eigenvalue weighted by Gasteiger charge is -2.36. The van der Waals surface area contributed by atoms with Crippen molar-refractivity contribution in [1.29, 1.82) is 0 Å². The first-order chi connectivity index (χ1) is 7.60. The second kappa shape index (κ2) is 6.50. The van der Waals surface area contributed by atoms with E-state index in [2.05, 4.69) is 19.2 Å². The molecule has 0 radical (unpaired) electrons. The summed E-state index contributed by atoms with van der Waals surface area (Å²) in [5, 5.41) is 3.43. The summed E-state index contributed by atoms with van der Waals surface area (Å²) in [6.45, 7) is 7.53. The molecule has 0 saturated carbocycles. The minimum absolute atomic E-state index is 0.0593. The van der Waals surface area contributed by atoms with Crippen LogP contribution in [0.4, 0.5) is 0 Å². The molecule has 1 aliphatic rings. The van der Waals surface area contributed by atoms with E-state index in [0.717, 1.165) is 30.9 Å². The number of hydrogen-bond acceptors (Lipinski definition) is 4. The van der Waals surface area contributed by atoms with Crippen LogP contribution in [0.3, 0.4) is 0 Å². The van der Waals surface area contributed by atoms with Gasteiger partial charge in [-0.15, -0.1) is 0 Å². The minimum atomic E-state index is -0.411. The number of carbonyl (C=O) groups excluding carboxylic acids is 1. The monoisotopic (exact) mass is 245 g/mol. The van der Waals surface area contributed by atoms with Gasteiger partial charge in [-0.1, -0.05) is 13.8 Å². The molecule has 94 valence electrons. The van der Waals surface area contributed by atoms with Crippen molar-refractivity contribution in [1.82, 2.24) is 5.32 Å². The Kier molecular flexibility index (Phi) is 5.62. The molecule has 0 amide bonds. The first kappa shape index (κ1) is 13.8. The largest absolute Gasteiger partial charge is 0.465 e. The van der Waals surface area contributed by atoms with Crippen LogP contribution in [0.25, 0.3) is 0 Å². The molecule has 0 spiro atoms. The van der Waals surface area contributed by atoms with Crippen LogP contribution in [0.2, 0.25) is 0 Å². The van der Waals surface area contributed by atoms with Gasteiger partial charge in [0.15, 0.2) is 0 Å². The maximum atomic E-state index is 12.0. The summed E-state index contributed by atoms with van der Waals surface area (Å²) in [6, 6.07) is 0. The van der Waals surface area contributed by atoms with Crippen LogP contribution in [0, 0.1) is 5.92 Å². The summed E-state index contributed by atoms with van der Waals surface area (Å²) in [4.78, 5) is 12.0. The normalized spacial score (nSPS) is 19.8. The van der Waals surface area contributed by atoms with Crippen molar-refractivity contribution in [3.8, 4) is 0 Å². The molecular weight excluding hydrogens is 222 g/mol. The van der Waals surface area contributed by atoms with E-state index in [-0.39, 0.29) is 5.97 Å². The van der Waals surface area contributed by atoms with E-state index in [1.54, 1.807) is 0 Å². The van der Waals surface area contributed by atoms with Crippen LogP contribution in [0.1, 0.15) is 33.6 Å². The minimum Gasteiger partial charge on any atom is -0.465 e. The van der Waals surface area contributed by atoms with Crippen molar-refractivity contribution < 1.29 is 9.53 Å². The highest BCUT2D eigenvalue weighted by Gasteiger charge is 2.40. The Labute approximate surface area is 103 Å². The number of rotatable bonds is 5. The SMILES string of the molecule is CCOC(=O)C1(NCC(C)C)CCSCC1. The van der Waals surface area contributed by atoms with E-state index in [1.165, 1.54) is 0 Å². The molecule has 1 saturated heterocycles. The Morgan fingerprint density at radius 2 is 2.06 bits per heavy atom. The van der Waals surface area contributed by atoms with Crippen molar-refractivity contribution in [2.75, 3.05) is 24.7 Å². The number of hydrogen-bond donors (Lipinski definition) is 1. The Hall–Kier alpha value is -0.220. The van der Waals surface area contributed by atoms with Gasteiger partial charge < -0.3 is 10.1 Å². The topological polar surface area (TPSA) is 38.3 Å². The van der Waals surface area contributed by atoms with E-state index in [1.807, 2.05) is 18.7 Å². The van der Waals surface area contributed by atoms with Gasteiger partial charge in [-0.25, -0.2) is 0 Å². The molecule has 1 N–H and O–H groups in total. The summed E-state index contributed by atoms with van der Waals surface area (Å²) in [7, 11) is 0. The zero-order valence-electron chi connectivity index (χ0n) is 10.5. The van der Waals surface area contributed by atoms with E-state index < -0.39 is 5.54 Å². The molecule has 1 fully saturated rings. The van der Waals surface area contributed by atoms with Crippen molar-refractivity contribution in [2.24, 2.45) is 5.92 Å². The lowest BCUT2D eigenvalue weighted by molar-refractivity contribution is -0.151. The molecule has 0 aromatic heterocycles. The molecule has 1 rings (SSSR count). The summed E-state index contributed by atoms with van der Waals surface area (Å²) in [5.41, 5.74) is -0.411. The maximum Gasteiger partial charge on any atom is 0.326 e. The van der Waals surface area contributed by atoms with E-state index in [0.29, 0.717) is 12.5 Å². The van der Waals surface area contributed by atoms with E-state index >= 15 is 0 Å². The lowest BCUT2D eigenvalue weighted by atomic mass is 9.91. The van der Waals surface area contributed by atoms with Crippen LogP contribution < -0.4 is 5.32 Å². The van der Waals surface area contributed by atoms with Gasteiger partial charge >= 0.3 is 5.97 Å². The molecular formula is C12H23NO2S. The van der Waals surface area contributed by atoms with Crippen LogP contribution >= 0.6 is 11.8 Å². The Morgan fingerprint density at radius 1 is 1.44 bits per heavy atom. The zero-order valence-corrected chi connectivity index (χ0v) is 11.4. The summed E-state index contributed by atoms with van der Waals surface area (Å²) >= 11 is 1.92. The summed E-state index contributed by atoms with van der Waals surface area (Å²) < 4.78 is 5.21. The van der Waals surface area contributed by atoms with E-state index in [9.17, 15) is 4.79 Å². The van der Waals surface area contributed by atoms with Gasteiger partial charge in [0.1, 0.15) is 5.54 Å². The molecule has 1 aliphatic heterocycles. The second-order valence-corrected chi connectivity index (χ2v) is 5.91. The molecule has 0 aromatic carbocycles. The fourth-order valence-electron chi connectivity index (χ4n) is 1.84. The van der Waals surface area contributed by atoms with Crippen molar-refractivity contribution in [3.63, 3.8) is 0 Å². The number of ether oxygens (including phenoxy) is 1. The molecule has 0 aliphatic carbocycles. The third-order valence-electron chi connectivity index (χ3n) is 2.86. The predicted molar refractivity (Wildman–Crippen MR) is 68.8 cm³/mol. The molecule has 0 unspecified atom stereocenters. The molecule has 3 nitrogen and oxygen atoms in total. The average Bonchev–Trinajstić information content (AvgIpc) is 2.28. The number of thioether (sulfide) groups is 1. The van der Waals surface area contributed by atoms with Gasteiger partial charge in [0.25, 0.3) is 0 Å². The van der Waals surface area contributed by atoms with Crippen molar-refractivity contribution in [2.45, 2.75) is 39.2 Å². The predicted octanol–water partition coefficient (Wildman–Crippen LogP) is 2.06.